The zero-order chi connectivity index (χ0) is 9.80. The minimum absolute atomic E-state index is 0.317. The van der Waals surface area contributed by atoms with Gasteiger partial charge in [-0.25, -0.2) is 0 Å². The molecule has 1 aromatic rings. The van der Waals surface area contributed by atoms with Gasteiger partial charge in [0.15, 0.2) is 0 Å². The number of hydrogen-bond acceptors (Lipinski definition) is 4. The predicted molar refractivity (Wildman–Crippen MR) is 51.8 cm³/mol. The fourth-order valence-electron chi connectivity index (χ4n) is 1.29. The van der Waals surface area contributed by atoms with Gasteiger partial charge in [-0.05, 0) is 12.5 Å². The van der Waals surface area contributed by atoms with Crippen molar-refractivity contribution in [2.24, 2.45) is 0 Å². The Morgan fingerprint density at radius 2 is 2.50 bits per heavy atom. The number of anilines is 1. The number of hydrogen-bond donors (Lipinski definition) is 1. The first-order chi connectivity index (χ1) is 6.84. The van der Waals surface area contributed by atoms with Crippen LogP contribution in [0.5, 0.6) is 0 Å². The third-order valence-corrected chi connectivity index (χ3v) is 2.15. The Morgan fingerprint density at radius 3 is 3.07 bits per heavy atom. The van der Waals surface area contributed by atoms with E-state index in [1.807, 2.05) is 10.9 Å². The fraction of sp³-hybridized carbons (Fsp3) is 0.667. The number of ether oxygens (including phenoxy) is 2. The van der Waals surface area contributed by atoms with Gasteiger partial charge in [-0.2, -0.15) is 5.10 Å². The largest absolute Gasteiger partial charge is 0.382 e. The summed E-state index contributed by atoms with van der Waals surface area (Å²) in [6.07, 6.45) is 3.15. The second-order valence-corrected chi connectivity index (χ2v) is 3.39. The van der Waals surface area contributed by atoms with Crippen LogP contribution in [0.25, 0.3) is 0 Å². The third-order valence-electron chi connectivity index (χ3n) is 2.15. The highest BCUT2D eigenvalue weighted by Crippen LogP contribution is 2.06. The Kier molecular flexibility index (Phi) is 3.00. The molecule has 2 N–H and O–H groups in total. The van der Waals surface area contributed by atoms with E-state index in [0.29, 0.717) is 11.9 Å². The van der Waals surface area contributed by atoms with E-state index in [1.54, 1.807) is 6.07 Å². The molecule has 0 bridgehead atoms. The summed E-state index contributed by atoms with van der Waals surface area (Å²) in [6.45, 7) is 3.10. The molecule has 1 aliphatic heterocycles. The van der Waals surface area contributed by atoms with Gasteiger partial charge >= 0.3 is 0 Å². The molecular formula is C9H15N3O2. The van der Waals surface area contributed by atoms with Crippen molar-refractivity contribution in [1.29, 1.82) is 0 Å². The van der Waals surface area contributed by atoms with Crippen LogP contribution >= 0.6 is 0 Å². The lowest BCUT2D eigenvalue weighted by Crippen LogP contribution is -2.36. The lowest BCUT2D eigenvalue weighted by atomic mass is 10.3. The second-order valence-electron chi connectivity index (χ2n) is 3.39. The maximum absolute atomic E-state index is 5.51. The Bertz CT molecular complexity index is 283. The number of nitrogens with two attached hydrogens (primary N) is 1. The number of aromatic nitrogens is 2. The molecule has 0 spiro atoms. The summed E-state index contributed by atoms with van der Waals surface area (Å²) in [5.41, 5.74) is 5.48. The Hall–Kier alpha value is -1.07. The van der Waals surface area contributed by atoms with Crippen LogP contribution in [0.3, 0.4) is 0 Å². The van der Waals surface area contributed by atoms with Crippen molar-refractivity contribution in [3.63, 3.8) is 0 Å². The summed E-state index contributed by atoms with van der Waals surface area (Å²) < 4.78 is 12.3. The van der Waals surface area contributed by atoms with Gasteiger partial charge in [0, 0.05) is 19.3 Å². The van der Waals surface area contributed by atoms with Crippen molar-refractivity contribution in [2.75, 3.05) is 25.6 Å². The van der Waals surface area contributed by atoms with Crippen LogP contribution in [0, 0.1) is 0 Å². The number of aryl methyl sites for hydroxylation is 1. The van der Waals surface area contributed by atoms with E-state index in [-0.39, 0.29) is 0 Å². The van der Waals surface area contributed by atoms with E-state index in [1.165, 1.54) is 0 Å². The molecule has 5 heteroatoms. The Labute approximate surface area is 82.8 Å². The molecule has 78 valence electrons. The average molecular weight is 197 g/mol. The van der Waals surface area contributed by atoms with Crippen LogP contribution in [0.15, 0.2) is 12.3 Å². The van der Waals surface area contributed by atoms with Crippen LogP contribution in [0.1, 0.15) is 6.42 Å². The Balaban J connectivity index is 1.58. The SMILES string of the molecule is Nc1ccn(CCCOC2COC2)n1. The van der Waals surface area contributed by atoms with E-state index < -0.39 is 0 Å². The zero-order valence-corrected chi connectivity index (χ0v) is 8.06. The van der Waals surface area contributed by atoms with E-state index in [0.717, 1.165) is 32.8 Å². The van der Waals surface area contributed by atoms with Crippen LogP contribution in [0.2, 0.25) is 0 Å². The first kappa shape index (κ1) is 9.48. The van der Waals surface area contributed by atoms with Crippen molar-refractivity contribution in [2.45, 2.75) is 19.1 Å². The highest BCUT2D eigenvalue weighted by Gasteiger charge is 2.17. The molecule has 2 heterocycles. The molecule has 5 nitrogen and oxygen atoms in total. The van der Waals surface area contributed by atoms with Gasteiger partial charge in [-0.15, -0.1) is 0 Å². The molecule has 0 saturated carbocycles. The van der Waals surface area contributed by atoms with Gasteiger partial charge in [-0.1, -0.05) is 0 Å². The molecule has 0 unspecified atom stereocenters. The highest BCUT2D eigenvalue weighted by atomic mass is 16.6. The minimum atomic E-state index is 0.317. The summed E-state index contributed by atoms with van der Waals surface area (Å²) in [5, 5.41) is 4.08. The third kappa shape index (κ3) is 2.46. The van der Waals surface area contributed by atoms with Gasteiger partial charge in [0.05, 0.1) is 13.2 Å². The molecule has 0 radical (unpaired) electrons. The van der Waals surface area contributed by atoms with Gasteiger partial charge < -0.3 is 15.2 Å². The topological polar surface area (TPSA) is 62.3 Å². The number of nitrogens with zero attached hydrogens (tertiary/aromatic N) is 2. The second kappa shape index (κ2) is 4.43. The highest BCUT2D eigenvalue weighted by molar-refractivity contribution is 5.23. The first-order valence-electron chi connectivity index (χ1n) is 4.83. The van der Waals surface area contributed by atoms with Gasteiger partial charge in [0.2, 0.25) is 0 Å². The lowest BCUT2D eigenvalue weighted by Gasteiger charge is -2.25. The number of rotatable bonds is 5. The van der Waals surface area contributed by atoms with Crippen molar-refractivity contribution < 1.29 is 9.47 Å². The maximum Gasteiger partial charge on any atom is 0.145 e. The molecule has 2 rings (SSSR count). The van der Waals surface area contributed by atoms with Gasteiger partial charge in [0.25, 0.3) is 0 Å². The van der Waals surface area contributed by atoms with Crippen molar-refractivity contribution in [1.82, 2.24) is 9.78 Å². The average Bonchev–Trinajstić information content (AvgIpc) is 2.48. The molecule has 0 atom stereocenters. The molecule has 14 heavy (non-hydrogen) atoms. The van der Waals surface area contributed by atoms with Crippen LogP contribution in [-0.4, -0.2) is 35.7 Å². The molecular weight excluding hydrogens is 182 g/mol. The predicted octanol–water partition coefficient (Wildman–Crippen LogP) is 0.271. The smallest absolute Gasteiger partial charge is 0.145 e. The van der Waals surface area contributed by atoms with E-state index in [9.17, 15) is 0 Å². The normalized spacial score (nSPS) is 16.9. The van der Waals surface area contributed by atoms with E-state index >= 15 is 0 Å². The standard InChI is InChI=1S/C9H15N3O2/c10-9-2-4-12(11-9)3-1-5-14-8-6-13-7-8/h2,4,8H,1,3,5-7H2,(H2,10,11). The van der Waals surface area contributed by atoms with Crippen LogP contribution < -0.4 is 5.73 Å². The van der Waals surface area contributed by atoms with Crippen LogP contribution in [0.4, 0.5) is 5.82 Å². The Morgan fingerprint density at radius 1 is 1.64 bits per heavy atom. The molecule has 0 aromatic carbocycles. The summed E-state index contributed by atoms with van der Waals surface area (Å²) in [4.78, 5) is 0. The van der Waals surface area contributed by atoms with Gasteiger partial charge in [0.1, 0.15) is 11.9 Å². The molecule has 0 aliphatic carbocycles. The van der Waals surface area contributed by atoms with Crippen molar-refractivity contribution in [3.8, 4) is 0 Å². The lowest BCUT2D eigenvalue weighted by molar-refractivity contribution is -0.130. The summed E-state index contributed by atoms with van der Waals surface area (Å²) in [6, 6.07) is 1.79. The van der Waals surface area contributed by atoms with Crippen LogP contribution in [-0.2, 0) is 16.0 Å². The molecule has 1 fully saturated rings. The van der Waals surface area contributed by atoms with Crippen molar-refractivity contribution in [3.05, 3.63) is 12.3 Å². The minimum Gasteiger partial charge on any atom is -0.382 e. The maximum atomic E-state index is 5.51. The number of nitrogen functional groups attached to an aromatic ring is 1. The first-order valence-corrected chi connectivity index (χ1v) is 4.83. The van der Waals surface area contributed by atoms with Gasteiger partial charge in [-0.3, -0.25) is 4.68 Å². The zero-order valence-electron chi connectivity index (χ0n) is 8.06. The van der Waals surface area contributed by atoms with E-state index in [4.69, 9.17) is 15.2 Å². The summed E-state index contributed by atoms with van der Waals surface area (Å²) in [5.74, 6) is 0.568. The molecule has 1 aromatic heterocycles. The monoisotopic (exact) mass is 197 g/mol. The molecule has 1 saturated heterocycles. The quantitative estimate of drug-likeness (QED) is 0.688. The summed E-state index contributed by atoms with van der Waals surface area (Å²) >= 11 is 0. The van der Waals surface area contributed by atoms with E-state index in [2.05, 4.69) is 5.10 Å². The van der Waals surface area contributed by atoms with Crippen molar-refractivity contribution >= 4 is 5.82 Å². The molecule has 0 amide bonds. The fourth-order valence-corrected chi connectivity index (χ4v) is 1.29. The summed E-state index contributed by atoms with van der Waals surface area (Å²) in [7, 11) is 0. The molecule has 1 aliphatic rings.